The molecule has 0 amide bonds. The first-order valence-corrected chi connectivity index (χ1v) is 5.07. The van der Waals surface area contributed by atoms with Gasteiger partial charge in [0.05, 0.1) is 5.52 Å². The lowest BCUT2D eigenvalue weighted by molar-refractivity contribution is 1.25. The lowest BCUT2D eigenvalue weighted by Gasteiger charge is -2.04. The minimum atomic E-state index is 0.806. The molecule has 2 aromatic rings. The van der Waals surface area contributed by atoms with Gasteiger partial charge in [-0.05, 0) is 41.6 Å². The van der Waals surface area contributed by atoms with Crippen LogP contribution in [0.2, 0.25) is 0 Å². The number of halogens is 1. The van der Waals surface area contributed by atoms with Crippen molar-refractivity contribution >= 4 is 39.2 Å². The molecule has 66 valence electrons. The SMILES string of the molecule is Cc1cc(N)c2cccc(I)c2n1. The Kier molecular flexibility index (Phi) is 2.11. The van der Waals surface area contributed by atoms with Crippen molar-refractivity contribution in [2.45, 2.75) is 6.92 Å². The first-order valence-electron chi connectivity index (χ1n) is 4.00. The van der Waals surface area contributed by atoms with Gasteiger partial charge in [0.1, 0.15) is 0 Å². The highest BCUT2D eigenvalue weighted by Crippen LogP contribution is 2.23. The Hall–Kier alpha value is -0.840. The van der Waals surface area contributed by atoms with Crippen LogP contribution in [0.5, 0.6) is 0 Å². The van der Waals surface area contributed by atoms with Gasteiger partial charge < -0.3 is 5.73 Å². The van der Waals surface area contributed by atoms with E-state index in [9.17, 15) is 0 Å². The van der Waals surface area contributed by atoms with Crippen molar-refractivity contribution in [3.63, 3.8) is 0 Å². The highest BCUT2D eigenvalue weighted by Gasteiger charge is 2.02. The molecule has 0 aliphatic heterocycles. The molecule has 0 saturated carbocycles. The van der Waals surface area contributed by atoms with Gasteiger partial charge in [0.15, 0.2) is 0 Å². The summed E-state index contributed by atoms with van der Waals surface area (Å²) in [5, 5.41) is 1.04. The number of rotatable bonds is 0. The minimum absolute atomic E-state index is 0.806. The Morgan fingerprint density at radius 3 is 2.92 bits per heavy atom. The zero-order chi connectivity index (χ0) is 9.42. The predicted molar refractivity (Wildman–Crippen MR) is 63.6 cm³/mol. The average Bonchev–Trinajstić information content (AvgIpc) is 2.07. The first-order chi connectivity index (χ1) is 6.18. The Balaban J connectivity index is 2.94. The maximum absolute atomic E-state index is 5.88. The van der Waals surface area contributed by atoms with Gasteiger partial charge in [0.2, 0.25) is 0 Å². The largest absolute Gasteiger partial charge is 0.398 e. The van der Waals surface area contributed by atoms with Gasteiger partial charge in [0, 0.05) is 20.3 Å². The molecule has 1 heterocycles. The number of aromatic nitrogens is 1. The number of anilines is 1. The topological polar surface area (TPSA) is 38.9 Å². The maximum atomic E-state index is 5.88. The third kappa shape index (κ3) is 1.48. The Morgan fingerprint density at radius 1 is 1.38 bits per heavy atom. The van der Waals surface area contributed by atoms with Crippen molar-refractivity contribution in [3.05, 3.63) is 33.5 Å². The minimum Gasteiger partial charge on any atom is -0.398 e. The zero-order valence-corrected chi connectivity index (χ0v) is 9.37. The van der Waals surface area contributed by atoms with Crippen LogP contribution in [0.1, 0.15) is 5.69 Å². The van der Waals surface area contributed by atoms with Crippen molar-refractivity contribution < 1.29 is 0 Å². The predicted octanol–water partition coefficient (Wildman–Crippen LogP) is 2.73. The Labute approximate surface area is 90.3 Å². The summed E-state index contributed by atoms with van der Waals surface area (Å²) in [5.41, 5.74) is 8.66. The van der Waals surface area contributed by atoms with E-state index in [0.717, 1.165) is 25.9 Å². The summed E-state index contributed by atoms with van der Waals surface area (Å²) in [6.45, 7) is 1.96. The van der Waals surface area contributed by atoms with Crippen LogP contribution in [-0.4, -0.2) is 4.98 Å². The molecule has 0 spiro atoms. The highest BCUT2D eigenvalue weighted by molar-refractivity contribution is 14.1. The molecule has 1 aromatic carbocycles. The third-order valence-electron chi connectivity index (χ3n) is 1.95. The number of pyridine rings is 1. The van der Waals surface area contributed by atoms with Crippen LogP contribution >= 0.6 is 22.6 Å². The smallest absolute Gasteiger partial charge is 0.0859 e. The monoisotopic (exact) mass is 284 g/mol. The first kappa shape index (κ1) is 8.74. The zero-order valence-electron chi connectivity index (χ0n) is 7.21. The molecule has 0 aliphatic carbocycles. The lowest BCUT2D eigenvalue weighted by Crippen LogP contribution is -1.93. The number of hydrogen-bond acceptors (Lipinski definition) is 2. The van der Waals surface area contributed by atoms with Crippen molar-refractivity contribution in [2.24, 2.45) is 0 Å². The molecule has 0 fully saturated rings. The molecule has 2 N–H and O–H groups in total. The quantitative estimate of drug-likeness (QED) is 0.755. The fourth-order valence-corrected chi connectivity index (χ4v) is 1.99. The van der Waals surface area contributed by atoms with Gasteiger partial charge in [0.25, 0.3) is 0 Å². The van der Waals surface area contributed by atoms with E-state index >= 15 is 0 Å². The molecule has 2 rings (SSSR count). The Bertz CT molecular complexity index is 466. The van der Waals surface area contributed by atoms with E-state index in [0.29, 0.717) is 0 Å². The van der Waals surface area contributed by atoms with E-state index in [4.69, 9.17) is 5.73 Å². The summed E-state index contributed by atoms with van der Waals surface area (Å²) in [6, 6.07) is 7.93. The number of nitrogens with two attached hydrogens (primary N) is 1. The van der Waals surface area contributed by atoms with Crippen LogP contribution in [0.4, 0.5) is 5.69 Å². The van der Waals surface area contributed by atoms with Crippen LogP contribution in [0.25, 0.3) is 10.9 Å². The third-order valence-corrected chi connectivity index (χ3v) is 2.82. The summed E-state index contributed by atoms with van der Waals surface area (Å²) < 4.78 is 1.14. The van der Waals surface area contributed by atoms with Crippen molar-refractivity contribution in [1.29, 1.82) is 0 Å². The van der Waals surface area contributed by atoms with Crippen LogP contribution in [0.15, 0.2) is 24.3 Å². The van der Waals surface area contributed by atoms with Gasteiger partial charge in [-0.15, -0.1) is 0 Å². The van der Waals surface area contributed by atoms with Crippen molar-refractivity contribution in [1.82, 2.24) is 4.98 Å². The molecule has 0 bridgehead atoms. The standard InChI is InChI=1S/C10H9IN2/c1-6-5-9(12)7-3-2-4-8(11)10(7)13-6/h2-5H,1H3,(H2,12,13). The summed E-state index contributed by atoms with van der Waals surface area (Å²) >= 11 is 2.27. The van der Waals surface area contributed by atoms with Crippen LogP contribution in [0, 0.1) is 10.5 Å². The molecule has 0 unspecified atom stereocenters. The van der Waals surface area contributed by atoms with Gasteiger partial charge in [-0.1, -0.05) is 12.1 Å². The highest BCUT2D eigenvalue weighted by atomic mass is 127. The number of hydrogen-bond donors (Lipinski definition) is 1. The van der Waals surface area contributed by atoms with Gasteiger partial charge in [-0.3, -0.25) is 4.98 Å². The molecular weight excluding hydrogens is 275 g/mol. The van der Waals surface area contributed by atoms with Gasteiger partial charge >= 0.3 is 0 Å². The number of aryl methyl sites for hydroxylation is 1. The van der Waals surface area contributed by atoms with Crippen LogP contribution < -0.4 is 5.73 Å². The number of nitrogens with zero attached hydrogens (tertiary/aromatic N) is 1. The molecule has 0 radical (unpaired) electrons. The van der Waals surface area contributed by atoms with Gasteiger partial charge in [-0.2, -0.15) is 0 Å². The molecular formula is C10H9IN2. The second-order valence-electron chi connectivity index (χ2n) is 2.99. The summed E-state index contributed by atoms with van der Waals surface area (Å²) in [4.78, 5) is 4.45. The maximum Gasteiger partial charge on any atom is 0.0859 e. The Morgan fingerprint density at radius 2 is 2.15 bits per heavy atom. The summed E-state index contributed by atoms with van der Waals surface area (Å²) in [7, 11) is 0. The molecule has 1 aromatic heterocycles. The number of fused-ring (bicyclic) bond motifs is 1. The molecule has 13 heavy (non-hydrogen) atoms. The second-order valence-corrected chi connectivity index (χ2v) is 4.15. The van der Waals surface area contributed by atoms with E-state index in [2.05, 4.69) is 27.6 Å². The van der Waals surface area contributed by atoms with Crippen LogP contribution in [0.3, 0.4) is 0 Å². The number of benzene rings is 1. The van der Waals surface area contributed by atoms with Gasteiger partial charge in [-0.25, -0.2) is 0 Å². The van der Waals surface area contributed by atoms with Crippen molar-refractivity contribution in [3.8, 4) is 0 Å². The molecule has 2 nitrogen and oxygen atoms in total. The average molecular weight is 284 g/mol. The molecule has 0 aliphatic rings. The van der Waals surface area contributed by atoms with E-state index in [1.165, 1.54) is 0 Å². The fraction of sp³-hybridized carbons (Fsp3) is 0.100. The van der Waals surface area contributed by atoms with E-state index in [1.807, 2.05) is 31.2 Å². The van der Waals surface area contributed by atoms with Crippen molar-refractivity contribution in [2.75, 3.05) is 5.73 Å². The number of nitrogen functional groups attached to an aromatic ring is 1. The molecule has 0 saturated heterocycles. The van der Waals surface area contributed by atoms with Crippen LogP contribution in [-0.2, 0) is 0 Å². The summed E-state index contributed by atoms with van der Waals surface area (Å²) in [6.07, 6.45) is 0. The number of para-hydroxylation sites is 1. The lowest BCUT2D eigenvalue weighted by atomic mass is 10.2. The summed E-state index contributed by atoms with van der Waals surface area (Å²) in [5.74, 6) is 0. The second kappa shape index (κ2) is 3.14. The molecule has 3 heteroatoms. The fourth-order valence-electron chi connectivity index (χ4n) is 1.37. The molecule has 0 atom stereocenters. The normalized spacial score (nSPS) is 10.6. The van der Waals surface area contributed by atoms with E-state index in [-0.39, 0.29) is 0 Å². The van der Waals surface area contributed by atoms with E-state index < -0.39 is 0 Å². The van der Waals surface area contributed by atoms with E-state index in [1.54, 1.807) is 0 Å².